The Morgan fingerprint density at radius 1 is 0.471 bits per heavy atom. The maximum Gasteiger partial charge on any atom is 0.252 e. The summed E-state index contributed by atoms with van der Waals surface area (Å²) in [7, 11) is 0. The molecule has 0 aromatic heterocycles. The van der Waals surface area contributed by atoms with E-state index in [1.165, 1.54) is 12.1 Å². The monoisotopic (exact) mass is 681 g/mol. The average molecular weight is 682 g/mol. The van der Waals surface area contributed by atoms with Crippen LogP contribution in [0.2, 0.25) is 0 Å². The van der Waals surface area contributed by atoms with E-state index in [0.717, 1.165) is 9.80 Å². The molecule has 0 radical (unpaired) electrons. The Labute approximate surface area is 339 Å². The van der Waals surface area contributed by atoms with Crippen molar-refractivity contribution in [2.45, 2.75) is 38.0 Å². The van der Waals surface area contributed by atoms with E-state index in [1.54, 1.807) is 0 Å². The summed E-state index contributed by atoms with van der Waals surface area (Å²) in [5.41, 5.74) is -7.51. The number of benzene rings is 7. The number of hydrogen-bond acceptors (Lipinski definition) is 2. The van der Waals surface area contributed by atoms with Crippen molar-refractivity contribution in [3.63, 3.8) is 0 Å². The Morgan fingerprint density at radius 2 is 0.941 bits per heavy atom. The van der Waals surface area contributed by atoms with Gasteiger partial charge in [-0.2, -0.15) is 0 Å². The van der Waals surface area contributed by atoms with Gasteiger partial charge in [-0.25, -0.2) is 0 Å². The van der Waals surface area contributed by atoms with Gasteiger partial charge >= 0.3 is 0 Å². The van der Waals surface area contributed by atoms with Gasteiger partial charge < -0.3 is 9.80 Å². The fraction of sp³-hybridized carbons (Fsp3) is 0.125. The number of rotatable bonds is 5. The van der Waals surface area contributed by atoms with Crippen molar-refractivity contribution >= 4 is 57.2 Å². The van der Waals surface area contributed by atoms with Crippen LogP contribution in [0, 0.1) is 0 Å². The van der Waals surface area contributed by atoms with Crippen LogP contribution < -0.4 is 26.2 Å². The van der Waals surface area contributed by atoms with Crippen molar-refractivity contribution in [2.24, 2.45) is 0 Å². The molecule has 2 aliphatic heterocycles. The fourth-order valence-electron chi connectivity index (χ4n) is 7.22. The molecule has 51 heavy (non-hydrogen) atoms. The van der Waals surface area contributed by atoms with E-state index in [-0.39, 0.29) is 35.2 Å². The Kier molecular flexibility index (Phi) is 3.29. The molecule has 0 atom stereocenters. The Hall–Kier alpha value is -5.80. The number of anilines is 6. The molecule has 3 heteroatoms. The molecule has 1 saturated carbocycles. The number of fused-ring (bicyclic) bond motifs is 4. The van der Waals surface area contributed by atoms with E-state index in [2.05, 4.69) is 0 Å². The van der Waals surface area contributed by atoms with Crippen molar-refractivity contribution in [3.8, 4) is 22.3 Å². The predicted octanol–water partition coefficient (Wildman–Crippen LogP) is 11.2. The summed E-state index contributed by atoms with van der Waals surface area (Å²) in [6.45, 7) is -1.73. The van der Waals surface area contributed by atoms with Crippen molar-refractivity contribution in [1.82, 2.24) is 0 Å². The second-order valence-corrected chi connectivity index (χ2v) is 12.2. The van der Waals surface area contributed by atoms with Gasteiger partial charge in [0.25, 0.3) is 6.71 Å². The van der Waals surface area contributed by atoms with Crippen LogP contribution in [0.3, 0.4) is 0 Å². The van der Waals surface area contributed by atoms with Crippen molar-refractivity contribution in [1.29, 1.82) is 0 Å². The van der Waals surface area contributed by atoms with Gasteiger partial charge in [0.05, 0.1) is 35.6 Å². The van der Waals surface area contributed by atoms with Crippen molar-refractivity contribution in [2.75, 3.05) is 9.80 Å². The minimum Gasteiger partial charge on any atom is -0.311 e. The summed E-state index contributed by atoms with van der Waals surface area (Å²) in [6, 6.07) is -20.9. The van der Waals surface area contributed by atoms with Gasteiger partial charge in [0.2, 0.25) is 0 Å². The maximum atomic E-state index is 10.2. The fourth-order valence-corrected chi connectivity index (χ4v) is 7.22. The van der Waals surface area contributed by atoms with E-state index in [4.69, 9.17) is 23.3 Å². The van der Waals surface area contributed by atoms with E-state index in [0.29, 0.717) is 19.3 Å². The van der Waals surface area contributed by atoms with Crippen LogP contribution in [0.25, 0.3) is 22.3 Å². The third kappa shape index (κ3) is 5.10. The summed E-state index contributed by atoms with van der Waals surface area (Å²) in [4.78, 5) is 1.97. The molecule has 0 spiro atoms. The molecule has 1 fully saturated rings. The largest absolute Gasteiger partial charge is 0.311 e. The van der Waals surface area contributed by atoms with Crippen LogP contribution in [0.1, 0.15) is 80.6 Å². The van der Waals surface area contributed by atoms with Gasteiger partial charge in [-0.1, -0.05) is 134 Å². The standard InChI is InChI=1S/C48H39BN2/c1-5-17-34(18-6-1)37-29-38(35-19-7-2-8-20-35)31-41(30-37)51-45-28-16-14-26-43(45)49-42-25-13-15-27-44(42)50(40-23-11-4-12-24-40)46-32-39(33-47(51)48(46)49)36-21-9-3-10-22-36/h1-2,4-8,11-20,23-33,36H,3,9-10,21-22H2/i1D,2D,4D,5D,6D,7D,8D,11D,12D,13D,14D,15D,16D,17D,18D,19D,20D,23D,24D,25D,26D,27D,28D,29D,30D,31D,36D. The van der Waals surface area contributed by atoms with Crippen LogP contribution in [0.5, 0.6) is 0 Å². The summed E-state index contributed by atoms with van der Waals surface area (Å²) in [6.07, 6.45) is 2.07. The second-order valence-electron chi connectivity index (χ2n) is 12.2. The first-order valence-electron chi connectivity index (χ1n) is 29.8. The lowest BCUT2D eigenvalue weighted by atomic mass is 9.33. The quantitative estimate of drug-likeness (QED) is 0.167. The highest BCUT2D eigenvalue weighted by atomic mass is 15.2. The normalized spacial score (nSPS) is 22.9. The molecule has 244 valence electrons. The van der Waals surface area contributed by atoms with Gasteiger partial charge in [-0.15, -0.1) is 0 Å². The minimum absolute atomic E-state index is 0.0949. The average Bonchev–Trinajstić information content (AvgIpc) is 3.58. The molecular weight excluding hydrogens is 615 g/mol. The zero-order chi connectivity index (χ0) is 57.3. The molecule has 2 nitrogen and oxygen atoms in total. The first-order valence-corrected chi connectivity index (χ1v) is 16.3. The van der Waals surface area contributed by atoms with Crippen LogP contribution in [-0.4, -0.2) is 6.71 Å². The minimum atomic E-state index is -1.73. The summed E-state index contributed by atoms with van der Waals surface area (Å²) in [5, 5.41) is 0. The van der Waals surface area contributed by atoms with Crippen molar-refractivity contribution < 1.29 is 37.0 Å². The number of hydrogen-bond donors (Lipinski definition) is 0. The van der Waals surface area contributed by atoms with Gasteiger partial charge in [-0.05, 0) is 117 Å². The Bertz CT molecular complexity index is 3730. The third-order valence-corrected chi connectivity index (χ3v) is 9.36. The van der Waals surface area contributed by atoms with E-state index < -0.39 is 226 Å². The lowest BCUT2D eigenvalue weighted by Crippen LogP contribution is -2.61. The molecule has 1 aliphatic carbocycles. The van der Waals surface area contributed by atoms with Gasteiger partial charge in [-0.3, -0.25) is 0 Å². The van der Waals surface area contributed by atoms with Crippen LogP contribution >= 0.6 is 0 Å². The van der Waals surface area contributed by atoms with Gasteiger partial charge in [0.1, 0.15) is 0 Å². The zero-order valence-corrected chi connectivity index (χ0v) is 26.7. The van der Waals surface area contributed by atoms with Crippen LogP contribution in [0.15, 0.2) is 169 Å². The number of nitrogens with zero attached hydrogens (tertiary/aromatic N) is 2. The molecule has 10 rings (SSSR count). The lowest BCUT2D eigenvalue weighted by molar-refractivity contribution is 0.444. The molecule has 0 N–H and O–H groups in total. The highest BCUT2D eigenvalue weighted by Gasteiger charge is 2.43. The summed E-state index contributed by atoms with van der Waals surface area (Å²) in [5.74, 6) is -1.57. The van der Waals surface area contributed by atoms with Crippen molar-refractivity contribution in [3.05, 3.63) is 175 Å². The lowest BCUT2D eigenvalue weighted by Gasteiger charge is -2.45. The zero-order valence-electron chi connectivity index (χ0n) is 53.7. The molecule has 7 aromatic rings. The molecule has 0 unspecified atom stereocenters. The SMILES string of the molecule is [2H]c1c([2H])c([2H])c(-c2c([2H])c(-c3c([2H])c([2H])c([2H])c([2H])c3[2H])c([2H])c(N3c4cc(C5([2H])CCCCC5)cc5c4B(c4c([2H])c([2H])c([2H])c([2H])c4N5c4c([2H])c([2H])c([2H])c([2H])c4[2H])c4c([2H])c([2H])c([2H])c([2H])c43)c2[2H])c([2H])c1[2H]. The first-order chi connectivity index (χ1) is 36.5. The topological polar surface area (TPSA) is 6.48 Å². The summed E-state index contributed by atoms with van der Waals surface area (Å²) >= 11 is 0. The molecule has 3 aliphatic rings. The molecule has 7 aromatic carbocycles. The van der Waals surface area contributed by atoms with Gasteiger partial charge in [0.15, 0.2) is 0 Å². The highest BCUT2D eigenvalue weighted by molar-refractivity contribution is 7.00. The van der Waals surface area contributed by atoms with Crippen LogP contribution in [-0.2, 0) is 0 Å². The molecule has 0 amide bonds. The molecule has 2 heterocycles. The van der Waals surface area contributed by atoms with E-state index in [9.17, 15) is 13.7 Å². The molecule has 0 saturated heterocycles. The Balaban J connectivity index is 1.51. The van der Waals surface area contributed by atoms with E-state index in [1.807, 2.05) is 0 Å². The van der Waals surface area contributed by atoms with Gasteiger partial charge in [0, 0.05) is 35.5 Å². The number of para-hydroxylation sites is 3. The summed E-state index contributed by atoms with van der Waals surface area (Å²) < 4.78 is 247. The van der Waals surface area contributed by atoms with E-state index >= 15 is 0 Å². The maximum absolute atomic E-state index is 10.2. The predicted molar refractivity (Wildman–Crippen MR) is 217 cm³/mol. The third-order valence-electron chi connectivity index (χ3n) is 9.36. The van der Waals surface area contributed by atoms with Crippen LogP contribution in [0.4, 0.5) is 34.1 Å². The Morgan fingerprint density at radius 3 is 1.49 bits per heavy atom. The highest BCUT2D eigenvalue weighted by Crippen LogP contribution is 2.47. The molecular formula is C48H39BN2. The smallest absolute Gasteiger partial charge is 0.252 e. The molecule has 0 bridgehead atoms. The second kappa shape index (κ2) is 12.5. The first kappa shape index (κ1) is 13.4.